The highest BCUT2D eigenvalue weighted by atomic mass is 16.6. The van der Waals surface area contributed by atoms with Crippen molar-refractivity contribution in [2.45, 2.75) is 24.5 Å². The van der Waals surface area contributed by atoms with Crippen LogP contribution in [0.2, 0.25) is 0 Å². The molecule has 0 saturated carbocycles. The number of hydrogen-bond acceptors (Lipinski definition) is 3. The Balaban J connectivity index is 1.64. The molecule has 3 atom stereocenters. The highest BCUT2D eigenvalue weighted by Gasteiger charge is 2.50. The number of benzene rings is 4. The van der Waals surface area contributed by atoms with E-state index in [9.17, 15) is 5.11 Å². The maximum absolute atomic E-state index is 12.3. The summed E-state index contributed by atoms with van der Waals surface area (Å²) in [6.07, 6.45) is -0.259. The fraction of sp³-hybridized carbons (Fsp3) is 0.172. The molecule has 4 aromatic rings. The first kappa shape index (κ1) is 20.7. The van der Waals surface area contributed by atoms with E-state index < -0.39 is 5.79 Å². The Morgan fingerprint density at radius 1 is 0.688 bits per heavy atom. The lowest BCUT2D eigenvalue weighted by Crippen LogP contribution is -2.53. The summed E-state index contributed by atoms with van der Waals surface area (Å²) in [4.78, 5) is 2.35. The number of rotatable bonds is 5. The number of morpholine rings is 1. The van der Waals surface area contributed by atoms with Crippen molar-refractivity contribution < 1.29 is 9.84 Å². The van der Waals surface area contributed by atoms with E-state index in [-0.39, 0.29) is 12.1 Å². The Morgan fingerprint density at radius 2 is 1.19 bits per heavy atom. The summed E-state index contributed by atoms with van der Waals surface area (Å²) in [5.74, 6) is -1.50. The van der Waals surface area contributed by atoms with Gasteiger partial charge in [0.1, 0.15) is 0 Å². The minimum absolute atomic E-state index is 0.259. The fourth-order valence-electron chi connectivity index (χ4n) is 4.67. The van der Waals surface area contributed by atoms with Crippen molar-refractivity contribution in [3.63, 3.8) is 0 Å². The minimum atomic E-state index is -1.50. The highest BCUT2D eigenvalue weighted by molar-refractivity contribution is 5.32. The van der Waals surface area contributed by atoms with Gasteiger partial charge in [-0.25, -0.2) is 0 Å². The van der Waals surface area contributed by atoms with Crippen molar-refractivity contribution in [2.75, 3.05) is 6.54 Å². The van der Waals surface area contributed by atoms with Crippen LogP contribution in [0.3, 0.4) is 0 Å². The first-order chi connectivity index (χ1) is 15.7. The molecule has 0 amide bonds. The third-order valence-corrected chi connectivity index (χ3v) is 6.16. The van der Waals surface area contributed by atoms with Gasteiger partial charge in [-0.2, -0.15) is 0 Å². The second kappa shape index (κ2) is 9.09. The van der Waals surface area contributed by atoms with Gasteiger partial charge in [0.2, 0.25) is 5.79 Å². The summed E-state index contributed by atoms with van der Waals surface area (Å²) in [6.45, 7) is 1.38. The topological polar surface area (TPSA) is 32.7 Å². The molecule has 3 unspecified atom stereocenters. The maximum atomic E-state index is 12.3. The normalized spacial score (nSPS) is 23.7. The van der Waals surface area contributed by atoms with Gasteiger partial charge >= 0.3 is 0 Å². The van der Waals surface area contributed by atoms with E-state index in [0.717, 1.165) is 16.7 Å². The van der Waals surface area contributed by atoms with Crippen molar-refractivity contribution in [3.05, 3.63) is 144 Å². The molecule has 3 heteroatoms. The molecule has 0 radical (unpaired) electrons. The zero-order valence-electron chi connectivity index (χ0n) is 17.9. The Kier molecular flexibility index (Phi) is 5.87. The van der Waals surface area contributed by atoms with Crippen LogP contribution in [0.5, 0.6) is 0 Å². The summed E-state index contributed by atoms with van der Waals surface area (Å²) < 4.78 is 6.59. The third kappa shape index (κ3) is 4.11. The van der Waals surface area contributed by atoms with Crippen molar-refractivity contribution in [3.8, 4) is 0 Å². The minimum Gasteiger partial charge on any atom is -0.360 e. The second-order valence-corrected chi connectivity index (χ2v) is 8.31. The first-order valence-corrected chi connectivity index (χ1v) is 11.1. The van der Waals surface area contributed by atoms with Gasteiger partial charge in [0.25, 0.3) is 0 Å². The average molecular weight is 422 g/mol. The predicted molar refractivity (Wildman–Crippen MR) is 127 cm³/mol. The van der Waals surface area contributed by atoms with Crippen LogP contribution in [0.15, 0.2) is 121 Å². The van der Waals surface area contributed by atoms with Gasteiger partial charge in [-0.15, -0.1) is 0 Å². The SMILES string of the molecule is OC1(c2ccccc2)OC(c2ccccc2)CN(Cc2ccccc2)C1c1ccccc1. The van der Waals surface area contributed by atoms with Gasteiger partial charge in [-0.1, -0.05) is 121 Å². The van der Waals surface area contributed by atoms with E-state index in [1.165, 1.54) is 5.56 Å². The third-order valence-electron chi connectivity index (χ3n) is 6.16. The van der Waals surface area contributed by atoms with E-state index >= 15 is 0 Å². The molecule has 1 fully saturated rings. The Hall–Kier alpha value is -3.24. The van der Waals surface area contributed by atoms with Gasteiger partial charge in [0, 0.05) is 18.7 Å². The standard InChI is InChI=1S/C29H27NO2/c31-29(26-19-11-4-12-20-26)28(25-17-9-3-10-18-25)30(21-23-13-5-1-6-14-23)22-27(32-29)24-15-7-2-8-16-24/h1-20,27-28,31H,21-22H2. The Bertz CT molecular complexity index is 1120. The molecule has 3 nitrogen and oxygen atoms in total. The lowest BCUT2D eigenvalue weighted by Gasteiger charge is -2.50. The first-order valence-electron chi connectivity index (χ1n) is 11.1. The van der Waals surface area contributed by atoms with Crippen LogP contribution in [-0.2, 0) is 17.1 Å². The predicted octanol–water partition coefficient (Wildman–Crippen LogP) is 5.85. The van der Waals surface area contributed by atoms with Crippen LogP contribution in [-0.4, -0.2) is 16.6 Å². The van der Waals surface area contributed by atoms with E-state index in [1.807, 2.05) is 72.8 Å². The van der Waals surface area contributed by atoms with Crippen LogP contribution in [0.1, 0.15) is 34.4 Å². The zero-order valence-corrected chi connectivity index (χ0v) is 17.9. The maximum Gasteiger partial charge on any atom is 0.213 e. The molecule has 5 rings (SSSR count). The molecule has 0 bridgehead atoms. The quantitative estimate of drug-likeness (QED) is 0.439. The summed E-state index contributed by atoms with van der Waals surface area (Å²) in [5, 5.41) is 12.3. The molecule has 32 heavy (non-hydrogen) atoms. The molecule has 4 aromatic carbocycles. The van der Waals surface area contributed by atoms with Crippen LogP contribution in [0, 0.1) is 0 Å². The molecule has 1 saturated heterocycles. The monoisotopic (exact) mass is 421 g/mol. The zero-order chi connectivity index (χ0) is 21.8. The molecule has 160 valence electrons. The Morgan fingerprint density at radius 3 is 1.78 bits per heavy atom. The fourth-order valence-corrected chi connectivity index (χ4v) is 4.67. The summed E-state index contributed by atoms with van der Waals surface area (Å²) in [6, 6.07) is 40.2. The lowest BCUT2D eigenvalue weighted by atomic mass is 9.87. The van der Waals surface area contributed by atoms with Crippen molar-refractivity contribution in [1.82, 2.24) is 4.90 Å². The van der Waals surface area contributed by atoms with E-state index in [4.69, 9.17) is 4.74 Å². The van der Waals surface area contributed by atoms with Crippen molar-refractivity contribution >= 4 is 0 Å². The van der Waals surface area contributed by atoms with Crippen LogP contribution < -0.4 is 0 Å². The van der Waals surface area contributed by atoms with Gasteiger partial charge in [-0.3, -0.25) is 4.90 Å². The molecule has 1 N–H and O–H groups in total. The Labute approximate surface area is 189 Å². The molecule has 1 aliphatic heterocycles. The summed E-state index contributed by atoms with van der Waals surface area (Å²) >= 11 is 0. The van der Waals surface area contributed by atoms with Crippen LogP contribution >= 0.6 is 0 Å². The van der Waals surface area contributed by atoms with Gasteiger partial charge < -0.3 is 9.84 Å². The van der Waals surface area contributed by atoms with Crippen LogP contribution in [0.4, 0.5) is 0 Å². The summed E-state index contributed by atoms with van der Waals surface area (Å²) in [5.41, 5.74) is 4.05. The number of aliphatic hydroxyl groups is 1. The molecule has 0 aromatic heterocycles. The average Bonchev–Trinajstić information content (AvgIpc) is 2.86. The van der Waals surface area contributed by atoms with Gasteiger partial charge in [0.05, 0.1) is 12.1 Å². The number of hydrogen-bond donors (Lipinski definition) is 1. The molecule has 0 spiro atoms. The molecule has 1 aliphatic rings. The van der Waals surface area contributed by atoms with E-state index in [0.29, 0.717) is 13.1 Å². The molecule has 1 heterocycles. The highest BCUT2D eigenvalue weighted by Crippen LogP contribution is 2.48. The lowest BCUT2D eigenvalue weighted by molar-refractivity contribution is -0.312. The van der Waals surface area contributed by atoms with Crippen molar-refractivity contribution in [1.29, 1.82) is 0 Å². The van der Waals surface area contributed by atoms with Crippen molar-refractivity contribution in [2.24, 2.45) is 0 Å². The van der Waals surface area contributed by atoms with Gasteiger partial charge in [0.15, 0.2) is 0 Å². The number of nitrogens with zero attached hydrogens (tertiary/aromatic N) is 1. The smallest absolute Gasteiger partial charge is 0.213 e. The van der Waals surface area contributed by atoms with Gasteiger partial charge in [-0.05, 0) is 16.7 Å². The number of ether oxygens (including phenoxy) is 1. The second-order valence-electron chi connectivity index (χ2n) is 8.31. The van der Waals surface area contributed by atoms with E-state index in [2.05, 4.69) is 53.4 Å². The molecular weight excluding hydrogens is 394 g/mol. The summed E-state index contributed by atoms with van der Waals surface area (Å²) in [7, 11) is 0. The van der Waals surface area contributed by atoms with Crippen LogP contribution in [0.25, 0.3) is 0 Å². The largest absolute Gasteiger partial charge is 0.360 e. The molecular formula is C29H27NO2. The molecule has 0 aliphatic carbocycles. The van der Waals surface area contributed by atoms with E-state index in [1.54, 1.807) is 0 Å².